The summed E-state index contributed by atoms with van der Waals surface area (Å²) in [6.45, 7) is 6.13. The minimum Gasteiger partial charge on any atom is -0.449 e. The molecule has 34 heavy (non-hydrogen) atoms. The molecule has 7 nitrogen and oxygen atoms in total. The van der Waals surface area contributed by atoms with Gasteiger partial charge in [-0.3, -0.25) is 4.90 Å². The van der Waals surface area contributed by atoms with Gasteiger partial charge in [0.05, 0.1) is 12.3 Å². The van der Waals surface area contributed by atoms with Crippen molar-refractivity contribution in [3.05, 3.63) is 88.9 Å². The van der Waals surface area contributed by atoms with Crippen molar-refractivity contribution >= 4 is 22.9 Å². The van der Waals surface area contributed by atoms with Gasteiger partial charge in [-0.1, -0.05) is 54.6 Å². The van der Waals surface area contributed by atoms with Gasteiger partial charge in [-0.05, 0) is 41.8 Å². The molecule has 1 saturated heterocycles. The molecule has 7 heteroatoms. The Morgan fingerprint density at radius 2 is 1.65 bits per heavy atom. The first-order valence-electron chi connectivity index (χ1n) is 11.6. The molecule has 4 aromatic rings. The normalized spacial score (nSPS) is 14.4. The highest BCUT2D eigenvalue weighted by Crippen LogP contribution is 2.28. The monoisotopic (exact) mass is 457 g/mol. The van der Waals surface area contributed by atoms with Gasteiger partial charge in [0.2, 0.25) is 0 Å². The van der Waals surface area contributed by atoms with E-state index < -0.39 is 11.8 Å². The van der Waals surface area contributed by atoms with Gasteiger partial charge in [0.15, 0.2) is 5.58 Å². The average Bonchev–Trinajstić information content (AvgIpc) is 3.21. The summed E-state index contributed by atoms with van der Waals surface area (Å²) in [5.74, 6) is -0.724. The molecule has 0 amide bonds. The van der Waals surface area contributed by atoms with Crippen LogP contribution in [0.5, 0.6) is 0 Å². The number of oxazole rings is 1. The average molecular weight is 458 g/mol. The van der Waals surface area contributed by atoms with Gasteiger partial charge in [-0.25, -0.2) is 9.59 Å². The van der Waals surface area contributed by atoms with Gasteiger partial charge >= 0.3 is 11.8 Å². The first-order chi connectivity index (χ1) is 16.6. The first-order valence-corrected chi connectivity index (χ1v) is 11.6. The van der Waals surface area contributed by atoms with Crippen molar-refractivity contribution in [1.29, 1.82) is 0 Å². The number of benzene rings is 3. The van der Waals surface area contributed by atoms with Gasteiger partial charge < -0.3 is 14.1 Å². The molecule has 1 aliphatic rings. The Labute approximate surface area is 197 Å². The zero-order chi connectivity index (χ0) is 23.5. The Morgan fingerprint density at radius 1 is 0.912 bits per heavy atom. The third-order valence-corrected chi connectivity index (χ3v) is 6.19. The lowest BCUT2D eigenvalue weighted by molar-refractivity contribution is 0.153. The molecule has 2 heterocycles. The molecule has 3 aromatic carbocycles. The highest BCUT2D eigenvalue weighted by Gasteiger charge is 2.24. The molecule has 0 bridgehead atoms. The zero-order valence-corrected chi connectivity index (χ0v) is 19.1. The first kappa shape index (κ1) is 22.0. The molecule has 1 aromatic heterocycles. The smallest absolute Gasteiger partial charge is 0.429 e. The fourth-order valence-electron chi connectivity index (χ4n) is 4.52. The van der Waals surface area contributed by atoms with E-state index >= 15 is 0 Å². The highest BCUT2D eigenvalue weighted by molar-refractivity contribution is 5.92. The van der Waals surface area contributed by atoms with Crippen LogP contribution >= 0.6 is 0 Å². The molecule has 0 aliphatic carbocycles. The lowest BCUT2D eigenvalue weighted by atomic mass is 10.0. The number of hydrogen-bond acceptors (Lipinski definition) is 6. The van der Waals surface area contributed by atoms with Crippen LogP contribution in [-0.4, -0.2) is 48.3 Å². The largest absolute Gasteiger partial charge is 0.449 e. The number of nitrogens with zero attached hydrogens (tertiary/aromatic N) is 3. The van der Waals surface area contributed by atoms with Crippen molar-refractivity contribution in [3.8, 4) is 11.1 Å². The van der Waals surface area contributed by atoms with Crippen molar-refractivity contribution in [2.75, 3.05) is 37.7 Å². The fourth-order valence-corrected chi connectivity index (χ4v) is 4.52. The van der Waals surface area contributed by atoms with Crippen LogP contribution in [0.3, 0.4) is 0 Å². The molecule has 5 rings (SSSR count). The second-order valence-electron chi connectivity index (χ2n) is 8.36. The molecular formula is C27H27N3O4. The van der Waals surface area contributed by atoms with Crippen LogP contribution in [0.1, 0.15) is 12.5 Å². The molecular weight excluding hydrogens is 430 g/mol. The molecule has 1 fully saturated rings. The number of fused-ring (bicyclic) bond motifs is 1. The van der Waals surface area contributed by atoms with Crippen LogP contribution in [0.15, 0.2) is 82.0 Å². The number of para-hydroxylation sites is 1. The van der Waals surface area contributed by atoms with E-state index in [1.807, 2.05) is 18.2 Å². The van der Waals surface area contributed by atoms with Crippen molar-refractivity contribution in [3.63, 3.8) is 0 Å². The van der Waals surface area contributed by atoms with Crippen molar-refractivity contribution in [1.82, 2.24) is 9.47 Å². The van der Waals surface area contributed by atoms with Gasteiger partial charge in [-0.2, -0.15) is 4.57 Å². The maximum Gasteiger partial charge on any atom is 0.429 e. The van der Waals surface area contributed by atoms with E-state index in [2.05, 4.69) is 58.3 Å². The molecule has 0 atom stereocenters. The number of hydrogen-bond donors (Lipinski definition) is 0. The number of rotatable bonds is 5. The zero-order valence-electron chi connectivity index (χ0n) is 19.1. The van der Waals surface area contributed by atoms with E-state index in [4.69, 9.17) is 9.15 Å². The van der Waals surface area contributed by atoms with Gasteiger partial charge in [0.1, 0.15) is 5.52 Å². The summed E-state index contributed by atoms with van der Waals surface area (Å²) in [6.07, 6.45) is -0.717. The van der Waals surface area contributed by atoms with Crippen LogP contribution in [0.25, 0.3) is 22.2 Å². The topological polar surface area (TPSA) is 67.9 Å². The fraction of sp³-hybridized carbons (Fsp3) is 0.259. The predicted molar refractivity (Wildman–Crippen MR) is 132 cm³/mol. The molecule has 0 unspecified atom stereocenters. The summed E-state index contributed by atoms with van der Waals surface area (Å²) in [4.78, 5) is 29.2. The third kappa shape index (κ3) is 4.34. The quantitative estimate of drug-likeness (QED) is 0.437. The Bertz CT molecular complexity index is 1350. The van der Waals surface area contributed by atoms with Gasteiger partial charge in [-0.15, -0.1) is 0 Å². The Hall–Kier alpha value is -3.84. The maximum atomic E-state index is 12.3. The Kier molecular flexibility index (Phi) is 6.18. The molecule has 0 N–H and O–H groups in total. The van der Waals surface area contributed by atoms with E-state index in [1.165, 1.54) is 16.7 Å². The Balaban J connectivity index is 1.29. The van der Waals surface area contributed by atoms with Crippen LogP contribution < -0.4 is 10.7 Å². The summed E-state index contributed by atoms with van der Waals surface area (Å²) in [5.41, 5.74) is 5.41. The number of piperazine rings is 1. The predicted octanol–water partition coefficient (Wildman–Crippen LogP) is 4.59. The van der Waals surface area contributed by atoms with Gasteiger partial charge in [0.25, 0.3) is 0 Å². The highest BCUT2D eigenvalue weighted by atomic mass is 16.6. The molecule has 0 saturated carbocycles. The summed E-state index contributed by atoms with van der Waals surface area (Å²) in [5, 5.41) is 0. The second-order valence-corrected chi connectivity index (χ2v) is 8.36. The number of carbonyl (C=O) groups is 1. The summed E-state index contributed by atoms with van der Waals surface area (Å²) in [6, 6.07) is 24.6. The summed E-state index contributed by atoms with van der Waals surface area (Å²) < 4.78 is 11.4. The number of carbonyl (C=O) groups excluding carboxylic acids is 1. The van der Waals surface area contributed by atoms with Crippen molar-refractivity contribution in [2.24, 2.45) is 0 Å². The van der Waals surface area contributed by atoms with Crippen LogP contribution in [0, 0.1) is 0 Å². The SMILES string of the molecule is CCOC(=O)n1c(=O)oc2c(N3CCN(Cc4cccc(-c5ccccc5)c4)CC3)cccc21. The van der Waals surface area contributed by atoms with E-state index in [0.717, 1.165) is 43.0 Å². The summed E-state index contributed by atoms with van der Waals surface area (Å²) in [7, 11) is 0. The van der Waals surface area contributed by atoms with Crippen molar-refractivity contribution in [2.45, 2.75) is 13.5 Å². The molecule has 1 aliphatic heterocycles. The summed E-state index contributed by atoms with van der Waals surface area (Å²) >= 11 is 0. The number of anilines is 1. The lowest BCUT2D eigenvalue weighted by Gasteiger charge is -2.36. The van der Waals surface area contributed by atoms with E-state index in [-0.39, 0.29) is 6.61 Å². The van der Waals surface area contributed by atoms with E-state index in [9.17, 15) is 9.59 Å². The molecule has 0 radical (unpaired) electrons. The molecule has 0 spiro atoms. The number of ether oxygens (including phenoxy) is 1. The Morgan fingerprint density at radius 3 is 2.41 bits per heavy atom. The maximum absolute atomic E-state index is 12.3. The minimum absolute atomic E-state index is 0.188. The van der Waals surface area contributed by atoms with Crippen LogP contribution in [0.2, 0.25) is 0 Å². The third-order valence-electron chi connectivity index (χ3n) is 6.19. The van der Waals surface area contributed by atoms with E-state index in [0.29, 0.717) is 11.1 Å². The van der Waals surface area contributed by atoms with E-state index in [1.54, 1.807) is 13.0 Å². The second kappa shape index (κ2) is 9.57. The van der Waals surface area contributed by atoms with Crippen molar-refractivity contribution < 1.29 is 13.9 Å². The van der Waals surface area contributed by atoms with Crippen LogP contribution in [0.4, 0.5) is 10.5 Å². The number of aromatic nitrogens is 1. The standard InChI is InChI=1S/C27H27N3O4/c1-2-33-26(31)30-24-13-7-12-23(25(24)34-27(30)32)29-16-14-28(15-17-29)19-20-8-6-11-22(18-20)21-9-4-3-5-10-21/h3-13,18H,2,14-17,19H2,1H3. The van der Waals surface area contributed by atoms with Crippen LogP contribution in [-0.2, 0) is 11.3 Å². The molecule has 174 valence electrons. The lowest BCUT2D eigenvalue weighted by Crippen LogP contribution is -2.46. The van der Waals surface area contributed by atoms with Gasteiger partial charge in [0, 0.05) is 32.7 Å². The minimum atomic E-state index is -0.724.